The Bertz CT molecular complexity index is 521. The summed E-state index contributed by atoms with van der Waals surface area (Å²) in [6.07, 6.45) is 0. The molecule has 0 aliphatic rings. The fourth-order valence-electron chi connectivity index (χ4n) is 0.824. The van der Waals surface area contributed by atoms with Gasteiger partial charge in [-0.3, -0.25) is 0 Å². The van der Waals surface area contributed by atoms with Crippen LogP contribution in [0, 0.1) is 17.1 Å². The van der Waals surface area contributed by atoms with Crippen molar-refractivity contribution in [3.05, 3.63) is 28.5 Å². The van der Waals surface area contributed by atoms with Crippen molar-refractivity contribution in [2.45, 2.75) is 4.90 Å². The lowest BCUT2D eigenvalue weighted by atomic mass is 10.2. The van der Waals surface area contributed by atoms with Gasteiger partial charge in [0.15, 0.2) is 5.82 Å². The number of nitriles is 1. The van der Waals surface area contributed by atoms with E-state index in [1.54, 1.807) is 0 Å². The van der Waals surface area contributed by atoms with Crippen LogP contribution in [0.25, 0.3) is 0 Å². The van der Waals surface area contributed by atoms with Crippen molar-refractivity contribution in [2.75, 3.05) is 0 Å². The minimum Gasteiger partial charge on any atom is -0.207 e. The maximum absolute atomic E-state index is 13.3. The van der Waals surface area contributed by atoms with Crippen LogP contribution in [-0.4, -0.2) is 8.42 Å². The van der Waals surface area contributed by atoms with Crippen LogP contribution in [0.5, 0.6) is 0 Å². The van der Waals surface area contributed by atoms with Crippen molar-refractivity contribution in [1.82, 2.24) is 0 Å². The average Bonchev–Trinajstić information content (AvgIpc) is 2.02. The molecule has 0 fully saturated rings. The summed E-state index contributed by atoms with van der Waals surface area (Å²) in [7, 11) is 0.729. The van der Waals surface area contributed by atoms with Gasteiger partial charge in [-0.1, -0.05) is 11.6 Å². The predicted molar refractivity (Wildman–Crippen MR) is 49.2 cm³/mol. The van der Waals surface area contributed by atoms with Gasteiger partial charge in [-0.05, 0) is 12.1 Å². The highest BCUT2D eigenvalue weighted by molar-refractivity contribution is 8.13. The second-order valence-electron chi connectivity index (χ2n) is 2.28. The zero-order chi connectivity index (χ0) is 10.9. The highest BCUT2D eigenvalue weighted by atomic mass is 35.7. The van der Waals surface area contributed by atoms with E-state index in [2.05, 4.69) is 0 Å². The Morgan fingerprint density at radius 1 is 1.43 bits per heavy atom. The summed E-state index contributed by atoms with van der Waals surface area (Å²) < 4.78 is 34.9. The largest absolute Gasteiger partial charge is 0.264 e. The minimum absolute atomic E-state index is 0.158. The fraction of sp³-hybridized carbons (Fsp3) is 0. The van der Waals surface area contributed by atoms with Gasteiger partial charge in [0.25, 0.3) is 9.05 Å². The van der Waals surface area contributed by atoms with Crippen molar-refractivity contribution in [1.29, 1.82) is 5.26 Å². The maximum Gasteiger partial charge on any atom is 0.264 e. The molecular formula is C7H2Cl2FNO2S. The molecule has 0 heterocycles. The van der Waals surface area contributed by atoms with E-state index in [1.807, 2.05) is 0 Å². The molecule has 0 N–H and O–H groups in total. The lowest BCUT2D eigenvalue weighted by Gasteiger charge is -2.01. The van der Waals surface area contributed by atoms with Crippen molar-refractivity contribution < 1.29 is 12.8 Å². The smallest absolute Gasteiger partial charge is 0.207 e. The molecule has 0 aliphatic carbocycles. The second-order valence-corrected chi connectivity index (χ2v) is 5.23. The molecule has 74 valence electrons. The maximum atomic E-state index is 13.3. The highest BCUT2D eigenvalue weighted by Crippen LogP contribution is 2.26. The number of nitrogens with zero attached hydrogens (tertiary/aromatic N) is 1. The van der Waals surface area contributed by atoms with E-state index in [9.17, 15) is 12.8 Å². The summed E-state index contributed by atoms with van der Waals surface area (Å²) in [5, 5.41) is 8.32. The number of rotatable bonds is 1. The monoisotopic (exact) mass is 253 g/mol. The quantitative estimate of drug-likeness (QED) is 0.722. The number of hydrogen-bond donors (Lipinski definition) is 0. The van der Waals surface area contributed by atoms with Crippen molar-refractivity contribution in [3.63, 3.8) is 0 Å². The van der Waals surface area contributed by atoms with Crippen LogP contribution in [0.2, 0.25) is 5.02 Å². The average molecular weight is 254 g/mol. The van der Waals surface area contributed by atoms with E-state index in [4.69, 9.17) is 27.5 Å². The Morgan fingerprint density at radius 3 is 2.43 bits per heavy atom. The molecule has 1 aromatic carbocycles. The number of halogens is 3. The standard InChI is InChI=1S/C7H2Cl2FNO2S/c8-5-1-2-6(14(9,12)13)7(10)4(5)3-11/h1-2H. The summed E-state index contributed by atoms with van der Waals surface area (Å²) in [6, 6.07) is 3.45. The Morgan fingerprint density at radius 2 is 2.00 bits per heavy atom. The van der Waals surface area contributed by atoms with Crippen LogP contribution in [0.3, 0.4) is 0 Å². The molecule has 0 bridgehead atoms. The van der Waals surface area contributed by atoms with Crippen LogP contribution in [-0.2, 0) is 9.05 Å². The predicted octanol–water partition coefficient (Wildman–Crippen LogP) is 2.28. The molecular weight excluding hydrogens is 252 g/mol. The molecule has 0 saturated heterocycles. The zero-order valence-electron chi connectivity index (χ0n) is 6.46. The first-order valence-electron chi connectivity index (χ1n) is 3.20. The molecule has 14 heavy (non-hydrogen) atoms. The Labute approximate surface area is 89.1 Å². The van der Waals surface area contributed by atoms with Crippen LogP contribution in [0.15, 0.2) is 17.0 Å². The van der Waals surface area contributed by atoms with Crippen LogP contribution in [0.4, 0.5) is 4.39 Å². The van der Waals surface area contributed by atoms with Crippen LogP contribution >= 0.6 is 22.3 Å². The van der Waals surface area contributed by atoms with Crippen molar-refractivity contribution in [3.8, 4) is 6.07 Å². The molecule has 0 aliphatic heterocycles. The first-order valence-corrected chi connectivity index (χ1v) is 5.89. The summed E-state index contributed by atoms with van der Waals surface area (Å²) in [6.45, 7) is 0. The van der Waals surface area contributed by atoms with Gasteiger partial charge in [-0.2, -0.15) is 5.26 Å². The molecule has 1 aromatic rings. The first kappa shape index (κ1) is 11.2. The summed E-state index contributed by atoms with van der Waals surface area (Å²) in [4.78, 5) is -0.750. The zero-order valence-corrected chi connectivity index (χ0v) is 8.79. The van der Waals surface area contributed by atoms with Gasteiger partial charge in [0.2, 0.25) is 0 Å². The van der Waals surface area contributed by atoms with Gasteiger partial charge in [0.05, 0.1) is 5.02 Å². The SMILES string of the molecule is N#Cc1c(Cl)ccc(S(=O)(=O)Cl)c1F. The second kappa shape index (κ2) is 3.73. The summed E-state index contributed by atoms with van der Waals surface area (Å²) in [5.74, 6) is -1.23. The van der Waals surface area contributed by atoms with Gasteiger partial charge < -0.3 is 0 Å². The molecule has 0 amide bonds. The molecule has 0 unspecified atom stereocenters. The van der Waals surface area contributed by atoms with E-state index < -0.39 is 25.3 Å². The molecule has 0 aromatic heterocycles. The molecule has 7 heteroatoms. The van der Waals surface area contributed by atoms with E-state index in [1.165, 1.54) is 6.07 Å². The topological polar surface area (TPSA) is 57.9 Å². The Hall–Kier alpha value is -0.830. The third-order valence-electron chi connectivity index (χ3n) is 1.43. The third-order valence-corrected chi connectivity index (χ3v) is 3.08. The molecule has 0 saturated carbocycles. The van der Waals surface area contributed by atoms with E-state index in [0.717, 1.165) is 12.1 Å². The van der Waals surface area contributed by atoms with Crippen LogP contribution in [0.1, 0.15) is 5.56 Å². The van der Waals surface area contributed by atoms with Gasteiger partial charge in [0.1, 0.15) is 16.5 Å². The lowest BCUT2D eigenvalue weighted by Crippen LogP contribution is -1.98. The number of hydrogen-bond acceptors (Lipinski definition) is 3. The lowest BCUT2D eigenvalue weighted by molar-refractivity contribution is 0.573. The molecule has 0 radical (unpaired) electrons. The molecule has 1 rings (SSSR count). The van der Waals surface area contributed by atoms with Crippen LogP contribution < -0.4 is 0 Å². The number of benzene rings is 1. The van der Waals surface area contributed by atoms with E-state index in [0.29, 0.717) is 0 Å². The van der Waals surface area contributed by atoms with Crippen molar-refractivity contribution >= 4 is 31.3 Å². The molecule has 0 atom stereocenters. The Balaban J connectivity index is 3.62. The third kappa shape index (κ3) is 1.98. The molecule has 0 spiro atoms. The minimum atomic E-state index is -4.20. The van der Waals surface area contributed by atoms with Gasteiger partial charge >= 0.3 is 0 Å². The van der Waals surface area contributed by atoms with Gasteiger partial charge in [0, 0.05) is 10.7 Å². The fourth-order valence-corrected chi connectivity index (χ4v) is 1.92. The van der Waals surface area contributed by atoms with E-state index >= 15 is 0 Å². The summed E-state index contributed by atoms with van der Waals surface area (Å²) in [5.41, 5.74) is -0.534. The molecule has 3 nitrogen and oxygen atoms in total. The normalized spacial score (nSPS) is 11.0. The summed E-state index contributed by atoms with van der Waals surface area (Å²) >= 11 is 5.45. The Kier molecular flexibility index (Phi) is 3.00. The van der Waals surface area contributed by atoms with Gasteiger partial charge in [-0.25, -0.2) is 12.8 Å². The van der Waals surface area contributed by atoms with Crippen molar-refractivity contribution in [2.24, 2.45) is 0 Å². The van der Waals surface area contributed by atoms with E-state index in [-0.39, 0.29) is 5.02 Å². The first-order chi connectivity index (χ1) is 6.38. The van der Waals surface area contributed by atoms with Gasteiger partial charge in [-0.15, -0.1) is 0 Å². The highest BCUT2D eigenvalue weighted by Gasteiger charge is 2.20.